The van der Waals surface area contributed by atoms with Gasteiger partial charge in [0.2, 0.25) is 0 Å². The molecule has 0 unspecified atom stereocenters. The maximum atomic E-state index is 11.3. The van der Waals surface area contributed by atoms with Gasteiger partial charge in [-0.1, -0.05) is 0 Å². The number of methoxy groups -OCH3 is 1. The Kier molecular flexibility index (Phi) is 3.66. The highest BCUT2D eigenvalue weighted by atomic mass is 16.5. The second-order valence-electron chi connectivity index (χ2n) is 5.85. The van der Waals surface area contributed by atoms with Gasteiger partial charge in [-0.2, -0.15) is 5.10 Å². The van der Waals surface area contributed by atoms with E-state index in [0.717, 1.165) is 23.2 Å². The van der Waals surface area contributed by atoms with Crippen molar-refractivity contribution in [3.05, 3.63) is 35.5 Å². The molecular formula is C16H20N2O2. The smallest absolute Gasteiger partial charge is 0.153 e. The van der Waals surface area contributed by atoms with Gasteiger partial charge in [-0.25, -0.2) is 0 Å². The molecule has 0 spiro atoms. The maximum absolute atomic E-state index is 11.3. The number of ether oxygens (including phenoxy) is 1. The van der Waals surface area contributed by atoms with Crippen molar-refractivity contribution in [1.82, 2.24) is 9.78 Å². The molecule has 0 radical (unpaired) electrons. The highest BCUT2D eigenvalue weighted by molar-refractivity contribution is 5.85. The van der Waals surface area contributed by atoms with Crippen molar-refractivity contribution in [3.8, 4) is 17.0 Å². The Morgan fingerprint density at radius 1 is 1.30 bits per heavy atom. The van der Waals surface area contributed by atoms with Crippen molar-refractivity contribution in [3.63, 3.8) is 0 Å². The van der Waals surface area contributed by atoms with Crippen molar-refractivity contribution in [2.45, 2.75) is 33.2 Å². The van der Waals surface area contributed by atoms with E-state index in [1.165, 1.54) is 0 Å². The van der Waals surface area contributed by atoms with Gasteiger partial charge in [-0.3, -0.25) is 9.48 Å². The third kappa shape index (κ3) is 2.59. The van der Waals surface area contributed by atoms with Crippen LogP contribution in [0.5, 0.6) is 5.75 Å². The molecule has 1 aromatic carbocycles. The number of hydrogen-bond donors (Lipinski definition) is 0. The summed E-state index contributed by atoms with van der Waals surface area (Å²) in [7, 11) is 1.65. The summed E-state index contributed by atoms with van der Waals surface area (Å²) in [6, 6.07) is 5.81. The minimum atomic E-state index is -0.155. The second kappa shape index (κ2) is 5.12. The molecule has 1 aromatic heterocycles. The van der Waals surface area contributed by atoms with Crippen molar-refractivity contribution in [2.24, 2.45) is 0 Å². The molecule has 0 bridgehead atoms. The summed E-state index contributed by atoms with van der Waals surface area (Å²) in [5.41, 5.74) is 3.10. The lowest BCUT2D eigenvalue weighted by atomic mass is 10.1. The molecule has 1 heterocycles. The first-order chi connectivity index (χ1) is 9.36. The van der Waals surface area contributed by atoms with Crippen LogP contribution >= 0.6 is 0 Å². The fraction of sp³-hybridized carbons (Fsp3) is 0.375. The van der Waals surface area contributed by atoms with Gasteiger partial charge in [0.15, 0.2) is 6.29 Å². The number of nitrogens with zero attached hydrogens (tertiary/aromatic N) is 2. The predicted molar refractivity (Wildman–Crippen MR) is 79.3 cm³/mol. The summed E-state index contributed by atoms with van der Waals surface area (Å²) in [4.78, 5) is 11.3. The van der Waals surface area contributed by atoms with E-state index in [1.807, 2.05) is 29.8 Å². The van der Waals surface area contributed by atoms with Gasteiger partial charge in [0.25, 0.3) is 0 Å². The van der Waals surface area contributed by atoms with Crippen LogP contribution in [0, 0.1) is 6.92 Å². The Bertz CT molecular complexity index is 636. The Balaban J connectivity index is 2.54. The van der Waals surface area contributed by atoms with Crippen LogP contribution in [-0.2, 0) is 5.54 Å². The SMILES string of the molecule is COc1ccc(-c2nn(C(C)(C)C)cc2C=O)cc1C. The van der Waals surface area contributed by atoms with Crippen LogP contribution in [0.25, 0.3) is 11.3 Å². The molecule has 0 N–H and O–H groups in total. The molecule has 4 heteroatoms. The summed E-state index contributed by atoms with van der Waals surface area (Å²) in [5.74, 6) is 0.830. The lowest BCUT2D eigenvalue weighted by Crippen LogP contribution is -2.22. The van der Waals surface area contributed by atoms with Gasteiger partial charge in [0.1, 0.15) is 11.4 Å². The largest absolute Gasteiger partial charge is 0.496 e. The Labute approximate surface area is 119 Å². The van der Waals surface area contributed by atoms with Gasteiger partial charge in [0, 0.05) is 11.8 Å². The van der Waals surface area contributed by atoms with Crippen LogP contribution in [0.4, 0.5) is 0 Å². The summed E-state index contributed by atoms with van der Waals surface area (Å²) in [6.07, 6.45) is 2.64. The van der Waals surface area contributed by atoms with Crippen molar-refractivity contribution in [1.29, 1.82) is 0 Å². The average Bonchev–Trinajstić information content (AvgIpc) is 2.82. The zero-order chi connectivity index (χ0) is 14.9. The lowest BCUT2D eigenvalue weighted by molar-refractivity contribution is 0.112. The molecule has 2 rings (SSSR count). The van der Waals surface area contributed by atoms with Crippen LogP contribution in [0.1, 0.15) is 36.7 Å². The van der Waals surface area contributed by atoms with E-state index in [-0.39, 0.29) is 5.54 Å². The van der Waals surface area contributed by atoms with E-state index >= 15 is 0 Å². The highest BCUT2D eigenvalue weighted by Crippen LogP contribution is 2.28. The number of aromatic nitrogens is 2. The number of carbonyl (C=O) groups is 1. The average molecular weight is 272 g/mol. The van der Waals surface area contributed by atoms with E-state index in [9.17, 15) is 4.79 Å². The Morgan fingerprint density at radius 3 is 2.50 bits per heavy atom. The van der Waals surface area contributed by atoms with E-state index < -0.39 is 0 Å². The molecule has 106 valence electrons. The molecule has 0 atom stereocenters. The summed E-state index contributed by atoms with van der Waals surface area (Å²) < 4.78 is 7.08. The quantitative estimate of drug-likeness (QED) is 0.804. The van der Waals surface area contributed by atoms with Gasteiger partial charge >= 0.3 is 0 Å². The highest BCUT2D eigenvalue weighted by Gasteiger charge is 2.19. The Hall–Kier alpha value is -2.10. The van der Waals surface area contributed by atoms with E-state index in [4.69, 9.17) is 4.74 Å². The van der Waals surface area contributed by atoms with Gasteiger partial charge < -0.3 is 4.74 Å². The molecule has 0 amide bonds. The van der Waals surface area contributed by atoms with E-state index in [2.05, 4.69) is 25.9 Å². The molecule has 4 nitrogen and oxygen atoms in total. The van der Waals surface area contributed by atoms with Crippen LogP contribution in [0.15, 0.2) is 24.4 Å². The van der Waals surface area contributed by atoms with Gasteiger partial charge in [0.05, 0.1) is 18.2 Å². The molecule has 0 aliphatic heterocycles. The molecule has 0 aliphatic rings. The fourth-order valence-electron chi connectivity index (χ4n) is 2.07. The zero-order valence-corrected chi connectivity index (χ0v) is 12.6. The molecule has 0 saturated heterocycles. The molecule has 0 fully saturated rings. The molecule has 2 aromatic rings. The summed E-state index contributed by atoms with van der Waals surface area (Å²) >= 11 is 0. The van der Waals surface area contributed by atoms with Crippen molar-refractivity contribution < 1.29 is 9.53 Å². The van der Waals surface area contributed by atoms with Crippen LogP contribution < -0.4 is 4.74 Å². The number of carbonyl (C=O) groups excluding carboxylic acids is 1. The van der Waals surface area contributed by atoms with Crippen LogP contribution in [0.3, 0.4) is 0 Å². The van der Waals surface area contributed by atoms with E-state index in [1.54, 1.807) is 13.3 Å². The molecular weight excluding hydrogens is 252 g/mol. The minimum absolute atomic E-state index is 0.155. The topological polar surface area (TPSA) is 44.1 Å². The predicted octanol–water partition coefficient (Wildman–Crippen LogP) is 3.43. The van der Waals surface area contributed by atoms with Crippen molar-refractivity contribution >= 4 is 6.29 Å². The third-order valence-corrected chi connectivity index (χ3v) is 3.23. The molecule has 0 saturated carbocycles. The minimum Gasteiger partial charge on any atom is -0.496 e. The van der Waals surface area contributed by atoms with E-state index in [0.29, 0.717) is 11.3 Å². The molecule has 0 aliphatic carbocycles. The lowest BCUT2D eigenvalue weighted by Gasteiger charge is -2.18. The van der Waals surface area contributed by atoms with Gasteiger partial charge in [-0.05, 0) is 51.5 Å². The molecule has 20 heavy (non-hydrogen) atoms. The summed E-state index contributed by atoms with van der Waals surface area (Å²) in [6.45, 7) is 8.14. The number of hydrogen-bond acceptors (Lipinski definition) is 3. The standard InChI is InChI=1S/C16H20N2O2/c1-11-8-12(6-7-14(11)20-5)15-13(10-19)9-18(17-15)16(2,3)4/h6-10H,1-5H3. The number of rotatable bonds is 3. The first-order valence-electron chi connectivity index (χ1n) is 6.57. The monoisotopic (exact) mass is 272 g/mol. The maximum Gasteiger partial charge on any atom is 0.153 e. The number of aldehydes is 1. The normalized spacial score (nSPS) is 11.4. The first-order valence-corrected chi connectivity index (χ1v) is 6.57. The van der Waals surface area contributed by atoms with Gasteiger partial charge in [-0.15, -0.1) is 0 Å². The van der Waals surface area contributed by atoms with Crippen molar-refractivity contribution in [2.75, 3.05) is 7.11 Å². The fourth-order valence-corrected chi connectivity index (χ4v) is 2.07. The Morgan fingerprint density at radius 2 is 2.00 bits per heavy atom. The number of benzene rings is 1. The summed E-state index contributed by atoms with van der Waals surface area (Å²) in [5, 5.41) is 4.56. The number of aryl methyl sites for hydroxylation is 1. The van der Waals surface area contributed by atoms with Crippen LogP contribution in [-0.4, -0.2) is 23.2 Å². The van der Waals surface area contributed by atoms with Crippen LogP contribution in [0.2, 0.25) is 0 Å². The zero-order valence-electron chi connectivity index (χ0n) is 12.6. The first kappa shape index (κ1) is 14.3. The third-order valence-electron chi connectivity index (χ3n) is 3.23. The second-order valence-corrected chi connectivity index (χ2v) is 5.85.